The lowest BCUT2D eigenvalue weighted by molar-refractivity contribution is 0.0603. The fraction of sp³-hybridized carbons (Fsp3) is 0.0667. The summed E-state index contributed by atoms with van der Waals surface area (Å²) >= 11 is 3.21. The molecule has 0 aliphatic carbocycles. The number of nitrogens with zero attached hydrogens (tertiary/aromatic N) is 1. The summed E-state index contributed by atoms with van der Waals surface area (Å²) in [5, 5.41) is 0. The van der Waals surface area contributed by atoms with Crippen LogP contribution in [0.4, 0.5) is 4.39 Å². The summed E-state index contributed by atoms with van der Waals surface area (Å²) in [6.45, 7) is 0. The number of nitrogens with one attached hydrogen (secondary N) is 1. The van der Waals surface area contributed by atoms with Crippen molar-refractivity contribution in [3.8, 4) is 11.4 Å². The Labute approximate surface area is 128 Å². The molecule has 3 aromatic rings. The van der Waals surface area contributed by atoms with Gasteiger partial charge in [0.25, 0.3) is 0 Å². The van der Waals surface area contributed by atoms with Crippen LogP contribution >= 0.6 is 15.9 Å². The molecule has 0 aliphatic heterocycles. The molecule has 3 rings (SSSR count). The number of para-hydroxylation sites is 1. The van der Waals surface area contributed by atoms with Gasteiger partial charge in [0, 0.05) is 4.47 Å². The van der Waals surface area contributed by atoms with Crippen molar-refractivity contribution in [3.63, 3.8) is 0 Å². The van der Waals surface area contributed by atoms with Gasteiger partial charge >= 0.3 is 5.97 Å². The number of aromatic amines is 1. The largest absolute Gasteiger partial charge is 0.465 e. The standard InChI is InChI=1S/C15H10BrFN2O2/c1-21-15(20)10-3-2-4-12-13(10)19-14(18-12)9-6-5-8(16)7-11(9)17/h2-7H,1H3,(H,18,19). The molecule has 1 N–H and O–H groups in total. The highest BCUT2D eigenvalue weighted by Gasteiger charge is 2.16. The Kier molecular flexibility index (Phi) is 3.47. The number of rotatable bonds is 2. The van der Waals surface area contributed by atoms with Crippen molar-refractivity contribution < 1.29 is 13.9 Å². The summed E-state index contributed by atoms with van der Waals surface area (Å²) in [6, 6.07) is 9.83. The van der Waals surface area contributed by atoms with Crippen LogP contribution in [0, 0.1) is 5.82 Å². The monoisotopic (exact) mass is 348 g/mol. The Balaban J connectivity index is 2.19. The quantitative estimate of drug-likeness (QED) is 0.714. The van der Waals surface area contributed by atoms with Crippen LogP contribution in [0.5, 0.6) is 0 Å². The predicted octanol–water partition coefficient (Wildman–Crippen LogP) is 3.92. The fourth-order valence-electron chi connectivity index (χ4n) is 2.12. The third-order valence-electron chi connectivity index (χ3n) is 3.10. The van der Waals surface area contributed by atoms with E-state index in [-0.39, 0.29) is 0 Å². The number of hydrogen-bond acceptors (Lipinski definition) is 3. The molecule has 0 fully saturated rings. The Bertz CT molecular complexity index is 845. The molecule has 2 aromatic carbocycles. The highest BCUT2D eigenvalue weighted by Crippen LogP contribution is 2.27. The molecule has 0 atom stereocenters. The normalized spacial score (nSPS) is 10.8. The zero-order chi connectivity index (χ0) is 15.0. The van der Waals surface area contributed by atoms with E-state index in [2.05, 4.69) is 25.9 Å². The van der Waals surface area contributed by atoms with E-state index in [1.54, 1.807) is 30.3 Å². The van der Waals surface area contributed by atoms with Gasteiger partial charge in [0.2, 0.25) is 0 Å². The maximum absolute atomic E-state index is 14.0. The van der Waals surface area contributed by atoms with Gasteiger partial charge in [-0.2, -0.15) is 0 Å². The summed E-state index contributed by atoms with van der Waals surface area (Å²) in [4.78, 5) is 19.1. The molecule has 4 nitrogen and oxygen atoms in total. The highest BCUT2D eigenvalue weighted by atomic mass is 79.9. The number of fused-ring (bicyclic) bond motifs is 1. The van der Waals surface area contributed by atoms with E-state index in [1.807, 2.05) is 0 Å². The first-order valence-electron chi connectivity index (χ1n) is 6.12. The van der Waals surface area contributed by atoms with Crippen molar-refractivity contribution in [2.45, 2.75) is 0 Å². The Morgan fingerprint density at radius 1 is 1.33 bits per heavy atom. The molecule has 1 heterocycles. The second kappa shape index (κ2) is 5.29. The van der Waals surface area contributed by atoms with Crippen molar-refractivity contribution in [3.05, 3.63) is 52.3 Å². The van der Waals surface area contributed by atoms with Gasteiger partial charge in [0.15, 0.2) is 0 Å². The lowest BCUT2D eigenvalue weighted by atomic mass is 10.2. The number of methoxy groups -OCH3 is 1. The number of H-pyrrole nitrogens is 1. The third-order valence-corrected chi connectivity index (χ3v) is 3.60. The van der Waals surface area contributed by atoms with E-state index < -0.39 is 11.8 Å². The molecular weight excluding hydrogens is 339 g/mol. The van der Waals surface area contributed by atoms with E-state index in [0.29, 0.717) is 32.5 Å². The average molecular weight is 349 g/mol. The minimum atomic E-state index is -0.477. The Morgan fingerprint density at radius 3 is 2.86 bits per heavy atom. The van der Waals surface area contributed by atoms with Crippen LogP contribution in [0.25, 0.3) is 22.4 Å². The average Bonchev–Trinajstić information content (AvgIpc) is 2.89. The number of esters is 1. The molecule has 21 heavy (non-hydrogen) atoms. The summed E-state index contributed by atoms with van der Waals surface area (Å²) in [5.74, 6) is -0.510. The number of carbonyl (C=O) groups is 1. The number of hydrogen-bond donors (Lipinski definition) is 1. The molecule has 0 bridgehead atoms. The smallest absolute Gasteiger partial charge is 0.340 e. The van der Waals surface area contributed by atoms with E-state index in [0.717, 1.165) is 0 Å². The first kappa shape index (κ1) is 13.8. The number of halogens is 2. The summed E-state index contributed by atoms with van der Waals surface area (Å²) in [6.07, 6.45) is 0. The fourth-order valence-corrected chi connectivity index (χ4v) is 2.45. The van der Waals surface area contributed by atoms with Gasteiger partial charge in [-0.05, 0) is 30.3 Å². The summed E-state index contributed by atoms with van der Waals surface area (Å²) < 4.78 is 19.4. The maximum atomic E-state index is 14.0. The lowest BCUT2D eigenvalue weighted by Gasteiger charge is -1.99. The molecule has 106 valence electrons. The molecule has 0 unspecified atom stereocenters. The topological polar surface area (TPSA) is 55.0 Å². The van der Waals surface area contributed by atoms with E-state index in [1.165, 1.54) is 13.2 Å². The van der Waals surface area contributed by atoms with Crippen molar-refractivity contribution in [2.75, 3.05) is 7.11 Å². The number of aromatic nitrogens is 2. The molecule has 0 saturated heterocycles. The first-order chi connectivity index (χ1) is 10.1. The SMILES string of the molecule is COC(=O)c1cccc2[nH]c(-c3ccc(Br)cc3F)nc12. The van der Waals surface area contributed by atoms with E-state index in [4.69, 9.17) is 4.74 Å². The van der Waals surface area contributed by atoms with Crippen LogP contribution in [-0.2, 0) is 4.74 Å². The number of carbonyl (C=O) groups excluding carboxylic acids is 1. The molecule has 0 spiro atoms. The van der Waals surface area contributed by atoms with Gasteiger partial charge in [0.05, 0.1) is 23.8 Å². The van der Waals surface area contributed by atoms with E-state index in [9.17, 15) is 9.18 Å². The van der Waals surface area contributed by atoms with Gasteiger partial charge < -0.3 is 9.72 Å². The van der Waals surface area contributed by atoms with Gasteiger partial charge in [-0.1, -0.05) is 22.0 Å². The lowest BCUT2D eigenvalue weighted by Crippen LogP contribution is -2.01. The van der Waals surface area contributed by atoms with Gasteiger partial charge in [0.1, 0.15) is 17.2 Å². The van der Waals surface area contributed by atoms with Crippen LogP contribution in [0.3, 0.4) is 0 Å². The van der Waals surface area contributed by atoms with Crippen LogP contribution in [0.2, 0.25) is 0 Å². The van der Waals surface area contributed by atoms with Crippen LogP contribution in [-0.4, -0.2) is 23.0 Å². The Hall–Kier alpha value is -2.21. The maximum Gasteiger partial charge on any atom is 0.340 e. The number of ether oxygens (including phenoxy) is 1. The van der Waals surface area contributed by atoms with Crippen molar-refractivity contribution in [1.82, 2.24) is 9.97 Å². The van der Waals surface area contributed by atoms with Gasteiger partial charge in [-0.15, -0.1) is 0 Å². The first-order valence-corrected chi connectivity index (χ1v) is 6.92. The van der Waals surface area contributed by atoms with Crippen LogP contribution < -0.4 is 0 Å². The number of imidazole rings is 1. The molecule has 1 aromatic heterocycles. The van der Waals surface area contributed by atoms with Gasteiger partial charge in [-0.3, -0.25) is 0 Å². The van der Waals surface area contributed by atoms with Crippen molar-refractivity contribution in [1.29, 1.82) is 0 Å². The molecule has 0 aliphatic rings. The Morgan fingerprint density at radius 2 is 2.14 bits per heavy atom. The summed E-state index contributed by atoms with van der Waals surface area (Å²) in [7, 11) is 1.31. The predicted molar refractivity (Wildman–Crippen MR) is 80.5 cm³/mol. The molecule has 0 saturated carbocycles. The molecule has 0 radical (unpaired) electrons. The van der Waals surface area contributed by atoms with Gasteiger partial charge in [-0.25, -0.2) is 14.2 Å². The van der Waals surface area contributed by atoms with Crippen molar-refractivity contribution in [2.24, 2.45) is 0 Å². The second-order valence-corrected chi connectivity index (χ2v) is 5.32. The number of benzene rings is 2. The summed E-state index contributed by atoms with van der Waals surface area (Å²) in [5.41, 5.74) is 1.79. The van der Waals surface area contributed by atoms with Crippen LogP contribution in [0.15, 0.2) is 40.9 Å². The van der Waals surface area contributed by atoms with Crippen molar-refractivity contribution >= 4 is 32.9 Å². The second-order valence-electron chi connectivity index (χ2n) is 4.40. The molecular formula is C15H10BrFN2O2. The minimum Gasteiger partial charge on any atom is -0.465 e. The highest BCUT2D eigenvalue weighted by molar-refractivity contribution is 9.10. The zero-order valence-corrected chi connectivity index (χ0v) is 12.6. The van der Waals surface area contributed by atoms with E-state index >= 15 is 0 Å². The minimum absolute atomic E-state index is 0.338. The van der Waals surface area contributed by atoms with Crippen LogP contribution in [0.1, 0.15) is 10.4 Å². The molecule has 0 amide bonds. The zero-order valence-electron chi connectivity index (χ0n) is 11.0. The third kappa shape index (κ3) is 2.42. The molecule has 6 heteroatoms.